The highest BCUT2D eigenvalue weighted by Crippen LogP contribution is 2.33. The number of esters is 1. The molecule has 1 saturated carbocycles. The van der Waals surface area contributed by atoms with E-state index >= 15 is 0 Å². The average Bonchev–Trinajstić information content (AvgIpc) is 2.86. The van der Waals surface area contributed by atoms with E-state index < -0.39 is 23.1 Å². The number of benzene rings is 1. The van der Waals surface area contributed by atoms with Crippen molar-refractivity contribution in [3.63, 3.8) is 0 Å². The summed E-state index contributed by atoms with van der Waals surface area (Å²) in [5, 5.41) is 0. The molecule has 1 saturated heterocycles. The summed E-state index contributed by atoms with van der Waals surface area (Å²) in [7, 11) is 0. The molecule has 0 radical (unpaired) electrons. The van der Waals surface area contributed by atoms with Gasteiger partial charge in [0.15, 0.2) is 0 Å². The summed E-state index contributed by atoms with van der Waals surface area (Å²) >= 11 is 0. The van der Waals surface area contributed by atoms with Crippen molar-refractivity contribution in [2.75, 3.05) is 6.54 Å². The molecular formula is C28H41NO4. The van der Waals surface area contributed by atoms with Crippen LogP contribution in [0.3, 0.4) is 0 Å². The Morgan fingerprint density at radius 2 is 1.67 bits per heavy atom. The Morgan fingerprint density at radius 1 is 1.00 bits per heavy atom. The van der Waals surface area contributed by atoms with Crippen LogP contribution in [0, 0.1) is 11.3 Å². The molecule has 1 amide bonds. The molecule has 1 unspecified atom stereocenters. The second kappa shape index (κ2) is 11.8. The lowest BCUT2D eigenvalue weighted by molar-refractivity contribution is -0.164. The molecule has 182 valence electrons. The van der Waals surface area contributed by atoms with Crippen molar-refractivity contribution < 1.29 is 19.1 Å². The zero-order valence-corrected chi connectivity index (χ0v) is 20.7. The number of hydrogen-bond acceptors (Lipinski definition) is 4. The van der Waals surface area contributed by atoms with E-state index in [0.717, 1.165) is 31.2 Å². The van der Waals surface area contributed by atoms with Gasteiger partial charge in [-0.1, -0.05) is 83.2 Å². The van der Waals surface area contributed by atoms with Gasteiger partial charge in [0, 0.05) is 12.0 Å². The van der Waals surface area contributed by atoms with E-state index in [9.17, 15) is 14.4 Å². The van der Waals surface area contributed by atoms with Crippen molar-refractivity contribution in [2.45, 2.75) is 104 Å². The molecule has 5 nitrogen and oxygen atoms in total. The number of Topliss-reactive ketones (excluding diaryl/α,β-unsaturated/α-hetero) is 1. The number of hydrogen-bond donors (Lipinski definition) is 0. The molecule has 1 aliphatic carbocycles. The van der Waals surface area contributed by atoms with Gasteiger partial charge in [-0.05, 0) is 50.0 Å². The van der Waals surface area contributed by atoms with E-state index in [1.54, 1.807) is 13.8 Å². The molecule has 33 heavy (non-hydrogen) atoms. The predicted molar refractivity (Wildman–Crippen MR) is 130 cm³/mol. The summed E-state index contributed by atoms with van der Waals surface area (Å²) in [6, 6.07) is 9.25. The van der Waals surface area contributed by atoms with Gasteiger partial charge in [0.1, 0.15) is 12.1 Å². The van der Waals surface area contributed by atoms with E-state index in [4.69, 9.17) is 4.74 Å². The topological polar surface area (TPSA) is 63.7 Å². The molecule has 0 spiro atoms. The second-order valence-electron chi connectivity index (χ2n) is 10.5. The van der Waals surface area contributed by atoms with Crippen molar-refractivity contribution in [1.82, 2.24) is 4.90 Å². The fourth-order valence-electron chi connectivity index (χ4n) is 5.04. The standard InChI is InChI=1S/C28H41NO4/c1-4-28(2,3)25(30)26(31)29-20-12-11-17-23(29)27(32)33-24(22-15-9-6-10-16-22)19-18-21-13-7-5-8-14-21/h6,9-10,15-16,21,23-24H,4-5,7-8,11-14,17-20H2,1-3H3/t23-,24?/m1/s1. The Hall–Kier alpha value is -2.17. The summed E-state index contributed by atoms with van der Waals surface area (Å²) < 4.78 is 6.10. The summed E-state index contributed by atoms with van der Waals surface area (Å²) in [5.41, 5.74) is 0.272. The highest BCUT2D eigenvalue weighted by molar-refractivity contribution is 6.38. The van der Waals surface area contributed by atoms with Crippen LogP contribution in [-0.2, 0) is 19.1 Å². The van der Waals surface area contributed by atoms with E-state index in [0.29, 0.717) is 25.3 Å². The average molecular weight is 456 g/mol. The van der Waals surface area contributed by atoms with Crippen molar-refractivity contribution in [2.24, 2.45) is 11.3 Å². The van der Waals surface area contributed by atoms with E-state index in [1.807, 2.05) is 37.3 Å². The first kappa shape index (κ1) is 25.5. The third-order valence-corrected chi connectivity index (χ3v) is 7.72. The number of rotatable bonds is 9. The molecule has 1 aliphatic heterocycles. The van der Waals surface area contributed by atoms with Gasteiger partial charge in [-0.3, -0.25) is 9.59 Å². The fraction of sp³-hybridized carbons (Fsp3) is 0.679. The predicted octanol–water partition coefficient (Wildman–Crippen LogP) is 6.02. The van der Waals surface area contributed by atoms with Crippen molar-refractivity contribution >= 4 is 17.7 Å². The van der Waals surface area contributed by atoms with Crippen LogP contribution < -0.4 is 0 Å². The van der Waals surface area contributed by atoms with Crippen LogP contribution in [0.1, 0.15) is 103 Å². The van der Waals surface area contributed by atoms with Gasteiger partial charge in [0.25, 0.3) is 5.91 Å². The number of piperidine rings is 1. The summed E-state index contributed by atoms with van der Waals surface area (Å²) in [4.78, 5) is 40.8. The van der Waals surface area contributed by atoms with Crippen LogP contribution in [0.25, 0.3) is 0 Å². The van der Waals surface area contributed by atoms with Gasteiger partial charge in [-0.25, -0.2) is 4.79 Å². The number of nitrogens with zero attached hydrogens (tertiary/aromatic N) is 1. The van der Waals surface area contributed by atoms with Crippen molar-refractivity contribution in [3.8, 4) is 0 Å². The van der Waals surface area contributed by atoms with Crippen LogP contribution in [0.5, 0.6) is 0 Å². The maximum atomic E-state index is 13.4. The molecule has 0 bridgehead atoms. The van der Waals surface area contributed by atoms with Crippen molar-refractivity contribution in [3.05, 3.63) is 35.9 Å². The molecule has 2 fully saturated rings. The summed E-state index contributed by atoms with van der Waals surface area (Å²) in [5.74, 6) is -0.628. The largest absolute Gasteiger partial charge is 0.456 e. The first-order valence-electron chi connectivity index (χ1n) is 12.9. The maximum Gasteiger partial charge on any atom is 0.329 e. The normalized spacial score (nSPS) is 20.8. The molecule has 1 aromatic carbocycles. The Balaban J connectivity index is 1.72. The molecule has 5 heteroatoms. The van der Waals surface area contributed by atoms with Gasteiger partial charge in [0.05, 0.1) is 0 Å². The molecule has 1 aromatic rings. The zero-order valence-electron chi connectivity index (χ0n) is 20.7. The van der Waals surface area contributed by atoms with Crippen LogP contribution in [0.15, 0.2) is 30.3 Å². The monoisotopic (exact) mass is 455 g/mol. The molecule has 3 rings (SSSR count). The molecule has 0 aromatic heterocycles. The quantitative estimate of drug-likeness (QED) is 0.337. The maximum absolute atomic E-state index is 13.4. The Bertz CT molecular complexity index is 797. The lowest BCUT2D eigenvalue weighted by Gasteiger charge is -2.36. The minimum absolute atomic E-state index is 0.317. The van der Waals surface area contributed by atoms with Crippen LogP contribution in [-0.4, -0.2) is 35.1 Å². The molecule has 2 aliphatic rings. The third kappa shape index (κ3) is 6.68. The highest BCUT2D eigenvalue weighted by Gasteiger charge is 2.41. The minimum atomic E-state index is -0.727. The highest BCUT2D eigenvalue weighted by atomic mass is 16.5. The van der Waals surface area contributed by atoms with E-state index in [1.165, 1.54) is 37.0 Å². The minimum Gasteiger partial charge on any atom is -0.456 e. The van der Waals surface area contributed by atoms with Gasteiger partial charge in [0.2, 0.25) is 5.78 Å². The Kier molecular flexibility index (Phi) is 9.10. The molecule has 1 heterocycles. The van der Waals surface area contributed by atoms with Crippen LogP contribution in [0.4, 0.5) is 0 Å². The lowest BCUT2D eigenvalue weighted by Crippen LogP contribution is -2.53. The zero-order chi connectivity index (χ0) is 23.8. The first-order chi connectivity index (χ1) is 15.8. The van der Waals surface area contributed by atoms with Crippen LogP contribution >= 0.6 is 0 Å². The summed E-state index contributed by atoms with van der Waals surface area (Å²) in [6.07, 6.45) is 10.7. The van der Waals surface area contributed by atoms with E-state index in [-0.39, 0.29) is 12.1 Å². The number of carbonyl (C=O) groups excluding carboxylic acids is 3. The Morgan fingerprint density at radius 3 is 2.33 bits per heavy atom. The molecule has 2 atom stereocenters. The fourth-order valence-corrected chi connectivity index (χ4v) is 5.04. The van der Waals surface area contributed by atoms with Crippen molar-refractivity contribution in [1.29, 1.82) is 0 Å². The number of ether oxygens (including phenoxy) is 1. The summed E-state index contributed by atoms with van der Waals surface area (Å²) in [6.45, 7) is 5.93. The molecule has 0 N–H and O–H groups in total. The van der Waals surface area contributed by atoms with E-state index in [2.05, 4.69) is 0 Å². The van der Waals surface area contributed by atoms with Gasteiger partial charge >= 0.3 is 5.97 Å². The van der Waals surface area contributed by atoms with Gasteiger partial charge in [-0.15, -0.1) is 0 Å². The van der Waals surface area contributed by atoms with Gasteiger partial charge < -0.3 is 9.64 Å². The third-order valence-electron chi connectivity index (χ3n) is 7.72. The lowest BCUT2D eigenvalue weighted by atomic mass is 9.84. The number of ketones is 1. The number of amides is 1. The smallest absolute Gasteiger partial charge is 0.329 e. The number of likely N-dealkylation sites (tertiary alicyclic amines) is 1. The second-order valence-corrected chi connectivity index (χ2v) is 10.5. The van der Waals surface area contributed by atoms with Gasteiger partial charge in [-0.2, -0.15) is 0 Å². The SMILES string of the molecule is CCC(C)(C)C(=O)C(=O)N1CCCC[C@@H]1C(=O)OC(CCC1CCCCC1)c1ccccc1. The molecular weight excluding hydrogens is 414 g/mol. The first-order valence-corrected chi connectivity index (χ1v) is 12.9. The number of carbonyl (C=O) groups is 3. The van der Waals surface area contributed by atoms with Crippen LogP contribution in [0.2, 0.25) is 0 Å². The Labute approximate surface area is 199 Å².